The summed E-state index contributed by atoms with van der Waals surface area (Å²) in [7, 11) is 1.67. The predicted molar refractivity (Wildman–Crippen MR) is 79.0 cm³/mol. The fourth-order valence-electron chi connectivity index (χ4n) is 1.88. The highest BCUT2D eigenvalue weighted by Crippen LogP contribution is 2.21. The lowest BCUT2D eigenvalue weighted by Crippen LogP contribution is -2.21. The molecule has 0 aliphatic rings. The summed E-state index contributed by atoms with van der Waals surface area (Å²) in [5.41, 5.74) is 1.92. The molecular weight excluding hydrogens is 325 g/mol. The Labute approximate surface area is 126 Å². The van der Waals surface area contributed by atoms with Crippen molar-refractivity contribution in [3.63, 3.8) is 0 Å². The highest BCUT2D eigenvalue weighted by Gasteiger charge is 2.08. The zero-order valence-electron chi connectivity index (χ0n) is 11.3. The first-order valence-electron chi connectivity index (χ1n) is 6.35. The molecule has 0 fully saturated rings. The number of hydrogen-bond acceptors (Lipinski definition) is 3. The van der Waals surface area contributed by atoms with E-state index in [1.165, 1.54) is 6.07 Å². The maximum absolute atomic E-state index is 13.5. The monoisotopic (exact) mass is 341 g/mol. The van der Waals surface area contributed by atoms with E-state index in [0.717, 1.165) is 17.8 Å². The van der Waals surface area contributed by atoms with Crippen LogP contribution in [-0.2, 0) is 17.8 Å². The first-order chi connectivity index (χ1) is 9.72. The summed E-state index contributed by atoms with van der Waals surface area (Å²) in [6.07, 6.45) is 1.75. The number of ether oxygens (including phenoxy) is 1. The molecule has 2 aromatic rings. The SMILES string of the molecule is COCCNCc1ccnn1Cc1cccc(F)c1Br. The molecule has 20 heavy (non-hydrogen) atoms. The molecule has 2 rings (SSSR count). The Hall–Kier alpha value is -1.24. The molecule has 6 heteroatoms. The lowest BCUT2D eigenvalue weighted by Gasteiger charge is -2.10. The van der Waals surface area contributed by atoms with Crippen LogP contribution in [0.4, 0.5) is 4.39 Å². The number of nitrogens with one attached hydrogen (secondary N) is 1. The highest BCUT2D eigenvalue weighted by molar-refractivity contribution is 9.10. The second kappa shape index (κ2) is 7.52. The average Bonchev–Trinajstić information content (AvgIpc) is 2.87. The van der Waals surface area contributed by atoms with Gasteiger partial charge in [-0.2, -0.15) is 5.10 Å². The minimum atomic E-state index is -0.255. The van der Waals surface area contributed by atoms with Crippen molar-refractivity contribution in [1.29, 1.82) is 0 Å². The molecule has 1 aromatic heterocycles. The van der Waals surface area contributed by atoms with Gasteiger partial charge in [-0.1, -0.05) is 12.1 Å². The number of benzene rings is 1. The van der Waals surface area contributed by atoms with Gasteiger partial charge in [-0.25, -0.2) is 4.39 Å². The minimum Gasteiger partial charge on any atom is -0.383 e. The molecule has 108 valence electrons. The number of halogens is 2. The summed E-state index contributed by atoms with van der Waals surface area (Å²) >= 11 is 3.28. The fraction of sp³-hybridized carbons (Fsp3) is 0.357. The van der Waals surface area contributed by atoms with Crippen LogP contribution in [0.2, 0.25) is 0 Å². The molecule has 0 unspecified atom stereocenters. The third-order valence-corrected chi connectivity index (χ3v) is 3.83. The highest BCUT2D eigenvalue weighted by atomic mass is 79.9. The Kier molecular flexibility index (Phi) is 5.70. The molecule has 0 spiro atoms. The van der Waals surface area contributed by atoms with Crippen molar-refractivity contribution in [2.45, 2.75) is 13.1 Å². The van der Waals surface area contributed by atoms with Crippen LogP contribution in [0.1, 0.15) is 11.3 Å². The average molecular weight is 342 g/mol. The van der Waals surface area contributed by atoms with Gasteiger partial charge in [0.05, 0.1) is 23.3 Å². The van der Waals surface area contributed by atoms with E-state index in [1.807, 2.05) is 16.8 Å². The van der Waals surface area contributed by atoms with E-state index in [2.05, 4.69) is 26.3 Å². The fourth-order valence-corrected chi connectivity index (χ4v) is 2.26. The van der Waals surface area contributed by atoms with Crippen LogP contribution in [0.15, 0.2) is 34.9 Å². The quantitative estimate of drug-likeness (QED) is 0.786. The minimum absolute atomic E-state index is 0.255. The Balaban J connectivity index is 2.03. The standard InChI is InChI=1S/C14H17BrFN3O/c1-20-8-7-17-9-12-5-6-18-19(12)10-11-3-2-4-13(16)14(11)15/h2-6,17H,7-10H2,1H3. The van der Waals surface area contributed by atoms with Gasteiger partial charge >= 0.3 is 0 Å². The van der Waals surface area contributed by atoms with Crippen LogP contribution in [0.5, 0.6) is 0 Å². The molecule has 0 atom stereocenters. The number of rotatable bonds is 7. The van der Waals surface area contributed by atoms with Gasteiger partial charge in [-0.3, -0.25) is 4.68 Å². The van der Waals surface area contributed by atoms with Gasteiger partial charge in [0.15, 0.2) is 0 Å². The Morgan fingerprint density at radius 3 is 3.05 bits per heavy atom. The smallest absolute Gasteiger partial charge is 0.137 e. The van der Waals surface area contributed by atoms with E-state index >= 15 is 0 Å². The normalized spacial score (nSPS) is 10.9. The molecular formula is C14H17BrFN3O. The number of aromatic nitrogens is 2. The molecule has 0 radical (unpaired) electrons. The molecule has 0 aliphatic heterocycles. The van der Waals surface area contributed by atoms with Crippen LogP contribution in [0.3, 0.4) is 0 Å². The van der Waals surface area contributed by atoms with Crippen LogP contribution < -0.4 is 5.32 Å². The van der Waals surface area contributed by atoms with Crippen LogP contribution in [0, 0.1) is 5.82 Å². The zero-order valence-corrected chi connectivity index (χ0v) is 12.9. The lowest BCUT2D eigenvalue weighted by atomic mass is 10.2. The number of methoxy groups -OCH3 is 1. The molecule has 1 heterocycles. The first kappa shape index (κ1) is 15.2. The van der Waals surface area contributed by atoms with Crippen molar-refractivity contribution in [2.24, 2.45) is 0 Å². The van der Waals surface area contributed by atoms with Crippen molar-refractivity contribution >= 4 is 15.9 Å². The Morgan fingerprint density at radius 1 is 1.40 bits per heavy atom. The van der Waals surface area contributed by atoms with E-state index in [-0.39, 0.29) is 5.82 Å². The summed E-state index contributed by atoms with van der Waals surface area (Å²) in [4.78, 5) is 0. The van der Waals surface area contributed by atoms with Crippen molar-refractivity contribution in [3.05, 3.63) is 52.0 Å². The third kappa shape index (κ3) is 3.88. The van der Waals surface area contributed by atoms with Crippen LogP contribution >= 0.6 is 15.9 Å². The maximum Gasteiger partial charge on any atom is 0.137 e. The molecule has 4 nitrogen and oxygen atoms in total. The van der Waals surface area contributed by atoms with Crippen molar-refractivity contribution in [2.75, 3.05) is 20.3 Å². The van der Waals surface area contributed by atoms with Gasteiger partial charge < -0.3 is 10.1 Å². The largest absolute Gasteiger partial charge is 0.383 e. The summed E-state index contributed by atoms with van der Waals surface area (Å²) in [6, 6.07) is 6.98. The topological polar surface area (TPSA) is 39.1 Å². The zero-order chi connectivity index (χ0) is 14.4. The molecule has 1 aromatic carbocycles. The van der Waals surface area contributed by atoms with E-state index in [1.54, 1.807) is 19.4 Å². The summed E-state index contributed by atoms with van der Waals surface area (Å²) in [6.45, 7) is 2.69. The van der Waals surface area contributed by atoms with E-state index in [4.69, 9.17) is 4.74 Å². The summed E-state index contributed by atoms with van der Waals surface area (Å²) in [5, 5.41) is 7.55. The molecule has 0 amide bonds. The predicted octanol–water partition coefficient (Wildman–Crippen LogP) is 2.57. The third-order valence-electron chi connectivity index (χ3n) is 2.95. The van der Waals surface area contributed by atoms with Crippen molar-refractivity contribution in [1.82, 2.24) is 15.1 Å². The molecule has 0 saturated heterocycles. The Morgan fingerprint density at radius 2 is 2.25 bits per heavy atom. The van der Waals surface area contributed by atoms with Crippen molar-refractivity contribution < 1.29 is 9.13 Å². The van der Waals surface area contributed by atoms with E-state index in [0.29, 0.717) is 24.2 Å². The van der Waals surface area contributed by atoms with Gasteiger partial charge in [0.1, 0.15) is 5.82 Å². The molecule has 1 N–H and O–H groups in total. The second-order valence-electron chi connectivity index (χ2n) is 4.36. The van der Waals surface area contributed by atoms with Crippen LogP contribution in [0.25, 0.3) is 0 Å². The lowest BCUT2D eigenvalue weighted by molar-refractivity contribution is 0.199. The molecule has 0 aliphatic carbocycles. The van der Waals surface area contributed by atoms with Crippen molar-refractivity contribution in [3.8, 4) is 0 Å². The van der Waals surface area contributed by atoms with E-state index in [9.17, 15) is 4.39 Å². The number of nitrogens with zero attached hydrogens (tertiary/aromatic N) is 2. The Bertz CT molecular complexity index is 559. The molecule has 0 saturated carbocycles. The first-order valence-corrected chi connectivity index (χ1v) is 7.15. The van der Waals surface area contributed by atoms with Gasteiger partial charge in [0.25, 0.3) is 0 Å². The van der Waals surface area contributed by atoms with Crippen LogP contribution in [-0.4, -0.2) is 30.0 Å². The molecule has 0 bridgehead atoms. The van der Waals surface area contributed by atoms with Gasteiger partial charge in [-0.15, -0.1) is 0 Å². The maximum atomic E-state index is 13.5. The summed E-state index contributed by atoms with van der Waals surface area (Å²) in [5.74, 6) is -0.255. The second-order valence-corrected chi connectivity index (χ2v) is 5.16. The van der Waals surface area contributed by atoms with E-state index < -0.39 is 0 Å². The van der Waals surface area contributed by atoms with Gasteiger partial charge in [0, 0.05) is 26.4 Å². The number of hydrogen-bond donors (Lipinski definition) is 1. The van der Waals surface area contributed by atoms with Gasteiger partial charge in [0.2, 0.25) is 0 Å². The summed E-state index contributed by atoms with van der Waals surface area (Å²) < 4.78 is 20.8. The van der Waals surface area contributed by atoms with Gasteiger partial charge in [-0.05, 0) is 33.6 Å².